The van der Waals surface area contributed by atoms with Gasteiger partial charge in [-0.25, -0.2) is 0 Å². The molecular formula is C15H14ClNO3S. The van der Waals surface area contributed by atoms with Crippen LogP contribution in [0.4, 0.5) is 5.69 Å². The third-order valence-corrected chi connectivity index (χ3v) is 3.69. The molecular weight excluding hydrogens is 310 g/mol. The van der Waals surface area contributed by atoms with Crippen LogP contribution < -0.4 is 4.74 Å². The van der Waals surface area contributed by atoms with E-state index in [0.717, 1.165) is 10.5 Å². The number of nitro benzene ring substituents is 1. The first-order valence-corrected chi connectivity index (χ1v) is 7.22. The van der Waals surface area contributed by atoms with E-state index in [0.29, 0.717) is 22.8 Å². The molecule has 0 atom stereocenters. The van der Waals surface area contributed by atoms with Crippen LogP contribution in [0.3, 0.4) is 0 Å². The molecule has 0 bridgehead atoms. The lowest BCUT2D eigenvalue weighted by Gasteiger charge is -2.11. The zero-order valence-electron chi connectivity index (χ0n) is 11.4. The number of ether oxygens (including phenoxy) is 1. The first kappa shape index (κ1) is 15.7. The maximum atomic E-state index is 11.1. The van der Waals surface area contributed by atoms with Crippen molar-refractivity contribution in [2.45, 2.75) is 24.8 Å². The van der Waals surface area contributed by atoms with Gasteiger partial charge >= 0.3 is 0 Å². The second kappa shape index (κ2) is 6.83. The molecule has 0 aliphatic carbocycles. The van der Waals surface area contributed by atoms with E-state index in [4.69, 9.17) is 16.3 Å². The standard InChI is InChI=1S/C15H14ClNO3S/c1-2-10-4-3-5-14(17(18)19)12(10)9-20-15-7-6-11(21)8-13(15)16/h3-8,21H,2,9H2,1H3. The molecule has 6 heteroatoms. The van der Waals surface area contributed by atoms with Crippen LogP contribution >= 0.6 is 24.2 Å². The summed E-state index contributed by atoms with van der Waals surface area (Å²) >= 11 is 10.2. The van der Waals surface area contributed by atoms with Crippen LogP contribution in [0.15, 0.2) is 41.3 Å². The SMILES string of the molecule is CCc1cccc([N+](=O)[O-])c1COc1ccc(S)cc1Cl. The molecule has 0 aromatic heterocycles. The summed E-state index contributed by atoms with van der Waals surface area (Å²) in [6.45, 7) is 2.05. The number of nitro groups is 1. The molecule has 2 rings (SSSR count). The van der Waals surface area contributed by atoms with Gasteiger partial charge in [-0.2, -0.15) is 0 Å². The number of rotatable bonds is 5. The Balaban J connectivity index is 2.28. The van der Waals surface area contributed by atoms with E-state index in [9.17, 15) is 10.1 Å². The highest BCUT2D eigenvalue weighted by molar-refractivity contribution is 7.80. The Labute approximate surface area is 133 Å². The summed E-state index contributed by atoms with van der Waals surface area (Å²) in [5, 5.41) is 11.6. The van der Waals surface area contributed by atoms with Crippen molar-refractivity contribution in [2.75, 3.05) is 0 Å². The number of halogens is 1. The first-order chi connectivity index (χ1) is 10.0. The van der Waals surface area contributed by atoms with Crippen LogP contribution in [0, 0.1) is 10.1 Å². The van der Waals surface area contributed by atoms with Gasteiger partial charge in [-0.15, -0.1) is 12.6 Å². The molecule has 0 radical (unpaired) electrons. The number of thiol groups is 1. The molecule has 0 heterocycles. The maximum Gasteiger partial charge on any atom is 0.276 e. The van der Waals surface area contributed by atoms with Crippen molar-refractivity contribution in [3.8, 4) is 5.75 Å². The molecule has 4 nitrogen and oxygen atoms in total. The highest BCUT2D eigenvalue weighted by Crippen LogP contribution is 2.30. The van der Waals surface area contributed by atoms with E-state index in [1.807, 2.05) is 13.0 Å². The lowest BCUT2D eigenvalue weighted by Crippen LogP contribution is -2.04. The Kier molecular flexibility index (Phi) is 5.09. The van der Waals surface area contributed by atoms with Crippen LogP contribution in [0.2, 0.25) is 5.02 Å². The Morgan fingerprint density at radius 2 is 2.10 bits per heavy atom. The van der Waals surface area contributed by atoms with Gasteiger partial charge < -0.3 is 4.74 Å². The van der Waals surface area contributed by atoms with Gasteiger partial charge in [0.05, 0.1) is 15.5 Å². The van der Waals surface area contributed by atoms with Gasteiger partial charge in [0.15, 0.2) is 0 Å². The van der Waals surface area contributed by atoms with Gasteiger partial charge in [-0.05, 0) is 30.2 Å². The minimum atomic E-state index is -0.393. The van der Waals surface area contributed by atoms with Crippen LogP contribution in [-0.2, 0) is 13.0 Å². The molecule has 0 amide bonds. The Bertz CT molecular complexity index is 676. The third kappa shape index (κ3) is 3.68. The predicted molar refractivity (Wildman–Crippen MR) is 85.5 cm³/mol. The topological polar surface area (TPSA) is 52.4 Å². The fraction of sp³-hybridized carbons (Fsp3) is 0.200. The van der Waals surface area contributed by atoms with Gasteiger partial charge in [-0.1, -0.05) is 30.7 Å². The molecule has 0 saturated carbocycles. The Morgan fingerprint density at radius 1 is 1.33 bits per heavy atom. The van der Waals surface area contributed by atoms with E-state index in [-0.39, 0.29) is 12.3 Å². The molecule has 0 spiro atoms. The fourth-order valence-electron chi connectivity index (χ4n) is 2.05. The summed E-state index contributed by atoms with van der Waals surface area (Å²) in [5.74, 6) is 0.481. The summed E-state index contributed by atoms with van der Waals surface area (Å²) in [7, 11) is 0. The monoisotopic (exact) mass is 323 g/mol. The van der Waals surface area contributed by atoms with E-state index >= 15 is 0 Å². The lowest BCUT2D eigenvalue weighted by atomic mass is 10.0. The third-order valence-electron chi connectivity index (χ3n) is 3.11. The summed E-state index contributed by atoms with van der Waals surface area (Å²) in [5.41, 5.74) is 1.54. The quantitative estimate of drug-likeness (QED) is 0.494. The zero-order chi connectivity index (χ0) is 15.4. The van der Waals surface area contributed by atoms with Crippen molar-refractivity contribution >= 4 is 29.9 Å². The molecule has 0 aliphatic rings. The largest absolute Gasteiger partial charge is 0.487 e. The summed E-state index contributed by atoms with van der Waals surface area (Å²) in [4.78, 5) is 11.5. The van der Waals surface area contributed by atoms with Crippen molar-refractivity contribution in [3.05, 3.63) is 62.7 Å². The molecule has 2 aromatic carbocycles. The summed E-state index contributed by atoms with van der Waals surface area (Å²) in [6, 6.07) is 10.2. The Hall–Kier alpha value is -1.72. The number of hydrogen-bond acceptors (Lipinski definition) is 4. The molecule has 0 fully saturated rings. The minimum absolute atomic E-state index is 0.0660. The Morgan fingerprint density at radius 3 is 2.71 bits per heavy atom. The van der Waals surface area contributed by atoms with Crippen LogP contribution in [0.5, 0.6) is 5.75 Å². The smallest absolute Gasteiger partial charge is 0.276 e. The number of hydrogen-bond donors (Lipinski definition) is 1. The van der Waals surface area contributed by atoms with Gasteiger partial charge in [0.2, 0.25) is 0 Å². The van der Waals surface area contributed by atoms with Gasteiger partial charge in [0.25, 0.3) is 5.69 Å². The maximum absolute atomic E-state index is 11.1. The van der Waals surface area contributed by atoms with E-state index in [1.165, 1.54) is 6.07 Å². The van der Waals surface area contributed by atoms with Crippen molar-refractivity contribution in [1.82, 2.24) is 0 Å². The molecule has 0 N–H and O–H groups in total. The number of aryl methyl sites for hydroxylation is 1. The van der Waals surface area contributed by atoms with Gasteiger partial charge in [0.1, 0.15) is 12.4 Å². The molecule has 2 aromatic rings. The van der Waals surface area contributed by atoms with E-state index in [1.54, 1.807) is 24.3 Å². The van der Waals surface area contributed by atoms with Crippen molar-refractivity contribution in [2.24, 2.45) is 0 Å². The van der Waals surface area contributed by atoms with Crippen molar-refractivity contribution in [1.29, 1.82) is 0 Å². The lowest BCUT2D eigenvalue weighted by molar-refractivity contribution is -0.385. The average Bonchev–Trinajstić information content (AvgIpc) is 2.45. The number of nitrogens with zero attached hydrogens (tertiary/aromatic N) is 1. The first-order valence-electron chi connectivity index (χ1n) is 6.39. The van der Waals surface area contributed by atoms with Crippen molar-refractivity contribution in [3.63, 3.8) is 0 Å². The predicted octanol–water partition coefficient (Wildman–Crippen LogP) is 4.68. The summed E-state index contributed by atoms with van der Waals surface area (Å²) < 4.78 is 5.64. The van der Waals surface area contributed by atoms with E-state index < -0.39 is 4.92 Å². The highest BCUT2D eigenvalue weighted by Gasteiger charge is 2.17. The zero-order valence-corrected chi connectivity index (χ0v) is 13.0. The van der Waals surface area contributed by atoms with Crippen LogP contribution in [0.1, 0.15) is 18.1 Å². The fourth-order valence-corrected chi connectivity index (χ4v) is 2.56. The number of benzene rings is 2. The molecule has 0 unspecified atom stereocenters. The molecule has 0 aliphatic heterocycles. The molecule has 0 saturated heterocycles. The second-order valence-corrected chi connectivity index (χ2v) is 5.35. The highest BCUT2D eigenvalue weighted by atomic mass is 35.5. The van der Waals surface area contributed by atoms with E-state index in [2.05, 4.69) is 12.6 Å². The second-order valence-electron chi connectivity index (χ2n) is 4.43. The van der Waals surface area contributed by atoms with Gasteiger partial charge in [-0.3, -0.25) is 10.1 Å². The summed E-state index contributed by atoms with van der Waals surface area (Å²) in [6.07, 6.45) is 0.698. The van der Waals surface area contributed by atoms with Crippen LogP contribution in [-0.4, -0.2) is 4.92 Å². The molecule has 21 heavy (non-hydrogen) atoms. The minimum Gasteiger partial charge on any atom is -0.487 e. The van der Waals surface area contributed by atoms with Crippen molar-refractivity contribution < 1.29 is 9.66 Å². The van der Waals surface area contributed by atoms with Crippen LogP contribution in [0.25, 0.3) is 0 Å². The molecule has 110 valence electrons. The normalized spacial score (nSPS) is 10.4. The van der Waals surface area contributed by atoms with Gasteiger partial charge in [0, 0.05) is 11.0 Å². The average molecular weight is 324 g/mol.